The molecule has 118 valence electrons. The van der Waals surface area contributed by atoms with Gasteiger partial charge in [-0.05, 0) is 43.6 Å². The molecule has 0 aromatic heterocycles. The summed E-state index contributed by atoms with van der Waals surface area (Å²) in [5, 5.41) is 3.71. The van der Waals surface area contributed by atoms with E-state index in [-0.39, 0.29) is 24.4 Å². The van der Waals surface area contributed by atoms with Crippen LogP contribution in [0.4, 0.5) is 0 Å². The first-order chi connectivity index (χ1) is 9.70. The van der Waals surface area contributed by atoms with E-state index in [1.54, 1.807) is 0 Å². The molecular weight excluding hydrogens is 309 g/mol. The van der Waals surface area contributed by atoms with E-state index in [0.29, 0.717) is 19.5 Å². The second-order valence-corrected chi connectivity index (χ2v) is 5.59. The first kappa shape index (κ1) is 18.2. The third kappa shape index (κ3) is 5.47. The number of halogens is 2. The molecule has 1 amide bonds. The Morgan fingerprint density at radius 3 is 2.71 bits per heavy atom. The Morgan fingerprint density at radius 2 is 2.10 bits per heavy atom. The number of hydrogen-bond acceptors (Lipinski definition) is 3. The quantitative estimate of drug-likeness (QED) is 0.841. The fourth-order valence-electron chi connectivity index (χ4n) is 2.65. The largest absolute Gasteiger partial charge is 0.354 e. The highest BCUT2D eigenvalue weighted by Crippen LogP contribution is 2.26. The maximum absolute atomic E-state index is 11.6. The molecule has 1 unspecified atom stereocenters. The standard InChI is InChI=1S/C15H22ClN3O.ClH/c16-13-5-3-4-12(10-13)14(19-8-1-2-9-19)11-18-15(20)6-7-17;/h3-5,10,14H,1-2,6-9,11,17H2,(H,18,20);1H. The van der Waals surface area contributed by atoms with Crippen molar-refractivity contribution in [2.45, 2.75) is 25.3 Å². The zero-order valence-corrected chi connectivity index (χ0v) is 13.6. The van der Waals surface area contributed by atoms with Crippen molar-refractivity contribution in [3.05, 3.63) is 34.9 Å². The summed E-state index contributed by atoms with van der Waals surface area (Å²) >= 11 is 6.09. The number of carbonyl (C=O) groups excluding carboxylic acids is 1. The number of rotatable bonds is 6. The normalized spacial score (nSPS) is 16.3. The summed E-state index contributed by atoms with van der Waals surface area (Å²) in [6.07, 6.45) is 2.81. The number of amides is 1. The Kier molecular flexibility index (Phi) is 8.04. The lowest BCUT2D eigenvalue weighted by molar-refractivity contribution is -0.121. The van der Waals surface area contributed by atoms with Crippen LogP contribution in [0.5, 0.6) is 0 Å². The van der Waals surface area contributed by atoms with Gasteiger partial charge in [-0.25, -0.2) is 0 Å². The maximum Gasteiger partial charge on any atom is 0.221 e. The number of likely N-dealkylation sites (tertiary alicyclic amines) is 1. The van der Waals surface area contributed by atoms with Gasteiger partial charge in [0.05, 0.1) is 6.04 Å². The SMILES string of the molecule is Cl.NCCC(=O)NCC(c1cccc(Cl)c1)N1CCCC1. The summed E-state index contributed by atoms with van der Waals surface area (Å²) in [4.78, 5) is 14.0. The van der Waals surface area contributed by atoms with Gasteiger partial charge in [0, 0.05) is 24.5 Å². The molecule has 1 fully saturated rings. The van der Waals surface area contributed by atoms with E-state index in [1.165, 1.54) is 12.8 Å². The van der Waals surface area contributed by atoms with Crippen LogP contribution in [0, 0.1) is 0 Å². The number of benzene rings is 1. The molecule has 1 aliphatic heterocycles. The summed E-state index contributed by atoms with van der Waals surface area (Å²) in [5.74, 6) is 0.0127. The van der Waals surface area contributed by atoms with Gasteiger partial charge in [-0.3, -0.25) is 9.69 Å². The van der Waals surface area contributed by atoms with Crippen LogP contribution in [0.3, 0.4) is 0 Å². The van der Waals surface area contributed by atoms with E-state index in [4.69, 9.17) is 17.3 Å². The first-order valence-electron chi connectivity index (χ1n) is 7.17. The third-order valence-electron chi connectivity index (χ3n) is 3.68. The van der Waals surface area contributed by atoms with Gasteiger partial charge in [0.25, 0.3) is 0 Å². The van der Waals surface area contributed by atoms with Crippen molar-refractivity contribution in [1.29, 1.82) is 0 Å². The van der Waals surface area contributed by atoms with E-state index in [0.717, 1.165) is 23.7 Å². The van der Waals surface area contributed by atoms with Crippen LogP contribution in [-0.4, -0.2) is 37.0 Å². The van der Waals surface area contributed by atoms with E-state index >= 15 is 0 Å². The minimum atomic E-state index is 0. The van der Waals surface area contributed by atoms with Crippen LogP contribution in [0.15, 0.2) is 24.3 Å². The highest BCUT2D eigenvalue weighted by Gasteiger charge is 2.23. The van der Waals surface area contributed by atoms with E-state index < -0.39 is 0 Å². The predicted octanol–water partition coefficient (Wildman–Crippen LogP) is 2.36. The molecule has 0 bridgehead atoms. The van der Waals surface area contributed by atoms with Crippen molar-refractivity contribution < 1.29 is 4.79 Å². The highest BCUT2D eigenvalue weighted by atomic mass is 35.5. The summed E-state index contributed by atoms with van der Waals surface area (Å²) in [6, 6.07) is 8.09. The molecular formula is C15H23Cl2N3O. The second-order valence-electron chi connectivity index (χ2n) is 5.16. The van der Waals surface area contributed by atoms with Gasteiger partial charge in [0.15, 0.2) is 0 Å². The van der Waals surface area contributed by atoms with Crippen molar-refractivity contribution in [2.24, 2.45) is 5.73 Å². The van der Waals surface area contributed by atoms with Crippen molar-refractivity contribution in [1.82, 2.24) is 10.2 Å². The Balaban J connectivity index is 0.00000220. The lowest BCUT2D eigenvalue weighted by atomic mass is 10.1. The molecule has 6 heteroatoms. The summed E-state index contributed by atoms with van der Waals surface area (Å²) < 4.78 is 0. The molecule has 0 aliphatic carbocycles. The molecule has 1 heterocycles. The zero-order chi connectivity index (χ0) is 14.4. The molecule has 0 spiro atoms. The molecule has 1 aliphatic rings. The monoisotopic (exact) mass is 331 g/mol. The molecule has 1 aromatic carbocycles. The summed E-state index contributed by atoms with van der Waals surface area (Å²) in [6.45, 7) is 3.14. The van der Waals surface area contributed by atoms with Gasteiger partial charge >= 0.3 is 0 Å². The lowest BCUT2D eigenvalue weighted by Crippen LogP contribution is -2.37. The average Bonchev–Trinajstić information content (AvgIpc) is 2.93. The van der Waals surface area contributed by atoms with Gasteiger partial charge in [0.2, 0.25) is 5.91 Å². The van der Waals surface area contributed by atoms with Crippen LogP contribution in [-0.2, 0) is 4.79 Å². The molecule has 1 saturated heterocycles. The minimum absolute atomic E-state index is 0. The Morgan fingerprint density at radius 1 is 1.38 bits per heavy atom. The summed E-state index contributed by atoms with van der Waals surface area (Å²) in [5.41, 5.74) is 6.56. The van der Waals surface area contributed by atoms with Crippen LogP contribution >= 0.6 is 24.0 Å². The molecule has 1 aromatic rings. The predicted molar refractivity (Wildman–Crippen MR) is 88.9 cm³/mol. The van der Waals surface area contributed by atoms with Gasteiger partial charge in [0.1, 0.15) is 0 Å². The Bertz CT molecular complexity index is 450. The van der Waals surface area contributed by atoms with Gasteiger partial charge in [-0.2, -0.15) is 0 Å². The number of nitrogens with one attached hydrogen (secondary N) is 1. The molecule has 0 radical (unpaired) electrons. The Labute approximate surface area is 137 Å². The zero-order valence-electron chi connectivity index (χ0n) is 12.1. The van der Waals surface area contributed by atoms with E-state index in [2.05, 4.69) is 16.3 Å². The lowest BCUT2D eigenvalue weighted by Gasteiger charge is -2.28. The molecule has 1 atom stereocenters. The van der Waals surface area contributed by atoms with Crippen LogP contribution in [0.2, 0.25) is 5.02 Å². The molecule has 0 saturated carbocycles. The Hall–Kier alpha value is -0.810. The van der Waals surface area contributed by atoms with E-state index in [1.807, 2.05) is 18.2 Å². The van der Waals surface area contributed by atoms with Gasteiger partial charge in [-0.1, -0.05) is 23.7 Å². The highest BCUT2D eigenvalue weighted by molar-refractivity contribution is 6.30. The van der Waals surface area contributed by atoms with Crippen molar-refractivity contribution >= 4 is 29.9 Å². The molecule has 2 rings (SSSR count). The number of nitrogens with zero attached hydrogens (tertiary/aromatic N) is 1. The third-order valence-corrected chi connectivity index (χ3v) is 3.91. The minimum Gasteiger partial charge on any atom is -0.354 e. The molecule has 4 nitrogen and oxygen atoms in total. The summed E-state index contributed by atoms with van der Waals surface area (Å²) in [7, 11) is 0. The van der Waals surface area contributed by atoms with Crippen LogP contribution in [0.1, 0.15) is 30.9 Å². The smallest absolute Gasteiger partial charge is 0.221 e. The van der Waals surface area contributed by atoms with Crippen molar-refractivity contribution in [2.75, 3.05) is 26.2 Å². The van der Waals surface area contributed by atoms with Crippen molar-refractivity contribution in [3.8, 4) is 0 Å². The molecule has 21 heavy (non-hydrogen) atoms. The molecule has 3 N–H and O–H groups in total. The van der Waals surface area contributed by atoms with E-state index in [9.17, 15) is 4.79 Å². The number of nitrogens with two attached hydrogens (primary N) is 1. The number of carbonyl (C=O) groups is 1. The maximum atomic E-state index is 11.6. The van der Waals surface area contributed by atoms with Gasteiger partial charge < -0.3 is 11.1 Å². The fraction of sp³-hybridized carbons (Fsp3) is 0.533. The average molecular weight is 332 g/mol. The van der Waals surface area contributed by atoms with Crippen molar-refractivity contribution in [3.63, 3.8) is 0 Å². The topological polar surface area (TPSA) is 58.4 Å². The first-order valence-corrected chi connectivity index (χ1v) is 7.55. The van der Waals surface area contributed by atoms with Gasteiger partial charge in [-0.15, -0.1) is 12.4 Å². The van der Waals surface area contributed by atoms with Crippen LogP contribution in [0.25, 0.3) is 0 Å². The second kappa shape index (κ2) is 9.26. The van der Waals surface area contributed by atoms with Crippen LogP contribution < -0.4 is 11.1 Å². The fourth-order valence-corrected chi connectivity index (χ4v) is 2.85. The number of hydrogen-bond donors (Lipinski definition) is 2.